The maximum atomic E-state index is 12.6. The minimum absolute atomic E-state index is 0.374. The van der Waals surface area contributed by atoms with Crippen molar-refractivity contribution in [3.05, 3.63) is 65.7 Å². The Hall–Kier alpha value is -2.86. The number of hydrogen-bond donors (Lipinski definition) is 2. The minimum Gasteiger partial charge on any atom is -0.497 e. The Morgan fingerprint density at radius 2 is 1.72 bits per heavy atom. The minimum atomic E-state index is -0.583. The fourth-order valence-corrected chi connectivity index (χ4v) is 2.59. The van der Waals surface area contributed by atoms with Crippen molar-refractivity contribution in [3.8, 4) is 5.75 Å². The normalized spacial score (nSPS) is 11.7. The lowest BCUT2D eigenvalue weighted by molar-refractivity contribution is -0.125. The van der Waals surface area contributed by atoms with Gasteiger partial charge in [0.1, 0.15) is 11.8 Å². The molecule has 2 N–H and O–H groups in total. The SMILES string of the molecule is CNC(=O)NC(=O)C(c1ccccc1)N(C)Cc1ccc(OC)cc1. The number of methoxy groups -OCH3 is 1. The number of urea groups is 1. The van der Waals surface area contributed by atoms with Gasteiger partial charge in [-0.1, -0.05) is 42.5 Å². The van der Waals surface area contributed by atoms with Gasteiger partial charge in [-0.25, -0.2) is 4.79 Å². The molecule has 132 valence electrons. The van der Waals surface area contributed by atoms with E-state index < -0.39 is 12.1 Å². The molecule has 0 saturated heterocycles. The van der Waals surface area contributed by atoms with Crippen LogP contribution in [0.15, 0.2) is 54.6 Å². The van der Waals surface area contributed by atoms with Crippen molar-refractivity contribution >= 4 is 11.9 Å². The highest BCUT2D eigenvalue weighted by molar-refractivity contribution is 5.97. The van der Waals surface area contributed by atoms with E-state index in [0.29, 0.717) is 6.54 Å². The maximum Gasteiger partial charge on any atom is 0.321 e. The Morgan fingerprint density at radius 1 is 1.08 bits per heavy atom. The maximum absolute atomic E-state index is 12.6. The number of nitrogens with zero attached hydrogens (tertiary/aromatic N) is 1. The molecule has 2 aromatic rings. The van der Waals surface area contributed by atoms with E-state index in [4.69, 9.17) is 4.74 Å². The quantitative estimate of drug-likeness (QED) is 0.846. The third-order valence-corrected chi connectivity index (χ3v) is 3.86. The van der Waals surface area contributed by atoms with E-state index in [-0.39, 0.29) is 5.91 Å². The lowest BCUT2D eigenvalue weighted by Gasteiger charge is -2.27. The zero-order chi connectivity index (χ0) is 18.2. The number of hydrogen-bond acceptors (Lipinski definition) is 4. The van der Waals surface area contributed by atoms with Gasteiger partial charge in [-0.15, -0.1) is 0 Å². The summed E-state index contributed by atoms with van der Waals surface area (Å²) >= 11 is 0. The number of carbonyl (C=O) groups excluding carboxylic acids is 2. The molecule has 0 aliphatic rings. The van der Waals surface area contributed by atoms with Crippen molar-refractivity contribution in [2.24, 2.45) is 0 Å². The highest BCUT2D eigenvalue weighted by Gasteiger charge is 2.26. The van der Waals surface area contributed by atoms with Crippen molar-refractivity contribution < 1.29 is 14.3 Å². The van der Waals surface area contributed by atoms with Crippen LogP contribution in [-0.2, 0) is 11.3 Å². The van der Waals surface area contributed by atoms with E-state index in [0.717, 1.165) is 16.9 Å². The largest absolute Gasteiger partial charge is 0.497 e. The van der Waals surface area contributed by atoms with Crippen LogP contribution in [0.5, 0.6) is 5.75 Å². The molecule has 1 unspecified atom stereocenters. The lowest BCUT2D eigenvalue weighted by atomic mass is 10.0. The van der Waals surface area contributed by atoms with Crippen LogP contribution in [0.3, 0.4) is 0 Å². The van der Waals surface area contributed by atoms with Crippen LogP contribution in [0.1, 0.15) is 17.2 Å². The van der Waals surface area contributed by atoms with Crippen LogP contribution >= 0.6 is 0 Å². The summed E-state index contributed by atoms with van der Waals surface area (Å²) in [5, 5.41) is 4.76. The molecule has 6 heteroatoms. The van der Waals surface area contributed by atoms with Gasteiger partial charge in [0.25, 0.3) is 0 Å². The second-order valence-electron chi connectivity index (χ2n) is 5.64. The fourth-order valence-electron chi connectivity index (χ4n) is 2.59. The van der Waals surface area contributed by atoms with Crippen molar-refractivity contribution in [1.29, 1.82) is 0 Å². The number of nitrogens with one attached hydrogen (secondary N) is 2. The second-order valence-corrected chi connectivity index (χ2v) is 5.64. The lowest BCUT2D eigenvalue weighted by Crippen LogP contribution is -2.44. The molecule has 0 aliphatic heterocycles. The molecule has 0 fully saturated rings. The highest BCUT2D eigenvalue weighted by atomic mass is 16.5. The predicted octanol–water partition coefficient (Wildman–Crippen LogP) is 2.32. The average Bonchev–Trinajstić information content (AvgIpc) is 2.63. The first-order valence-corrected chi connectivity index (χ1v) is 7.96. The number of rotatable bonds is 6. The third kappa shape index (κ3) is 5.06. The average molecular weight is 341 g/mol. The van der Waals surface area contributed by atoms with E-state index in [1.807, 2.05) is 66.5 Å². The van der Waals surface area contributed by atoms with Crippen LogP contribution in [0, 0.1) is 0 Å². The molecule has 2 rings (SSSR count). The van der Waals surface area contributed by atoms with Crippen molar-refractivity contribution in [2.75, 3.05) is 21.2 Å². The number of amides is 3. The van der Waals surface area contributed by atoms with Crippen LogP contribution < -0.4 is 15.4 Å². The standard InChI is InChI=1S/C19H23N3O3/c1-20-19(24)21-18(23)17(15-7-5-4-6-8-15)22(2)13-14-9-11-16(25-3)12-10-14/h4-12,17H,13H2,1-3H3,(H2,20,21,23,24). The molecule has 0 spiro atoms. The Kier molecular flexibility index (Phi) is 6.54. The van der Waals surface area contributed by atoms with Gasteiger partial charge in [0, 0.05) is 13.6 Å². The molecule has 1 atom stereocenters. The number of likely N-dealkylation sites (N-methyl/N-ethyl adjacent to an activating group) is 1. The van der Waals surface area contributed by atoms with Gasteiger partial charge in [-0.3, -0.25) is 15.0 Å². The molecule has 0 heterocycles. The summed E-state index contributed by atoms with van der Waals surface area (Å²) in [4.78, 5) is 26.0. The smallest absolute Gasteiger partial charge is 0.321 e. The molecule has 25 heavy (non-hydrogen) atoms. The Balaban J connectivity index is 2.21. The molecular weight excluding hydrogens is 318 g/mol. The van der Waals surface area contributed by atoms with E-state index in [1.54, 1.807) is 7.11 Å². The summed E-state index contributed by atoms with van der Waals surface area (Å²) in [5.74, 6) is 0.407. The van der Waals surface area contributed by atoms with Crippen LogP contribution in [0.25, 0.3) is 0 Å². The summed E-state index contributed by atoms with van der Waals surface area (Å²) in [7, 11) is 4.95. The topological polar surface area (TPSA) is 70.7 Å². The van der Waals surface area contributed by atoms with E-state index >= 15 is 0 Å². The summed E-state index contributed by atoms with van der Waals surface area (Å²) in [5.41, 5.74) is 1.86. The first-order chi connectivity index (χ1) is 12.0. The van der Waals surface area contributed by atoms with Gasteiger partial charge >= 0.3 is 6.03 Å². The summed E-state index contributed by atoms with van der Waals surface area (Å²) in [6.07, 6.45) is 0. The van der Waals surface area contributed by atoms with Gasteiger partial charge < -0.3 is 10.1 Å². The Labute approximate surface area is 147 Å². The van der Waals surface area contributed by atoms with Crippen LogP contribution in [0.4, 0.5) is 4.79 Å². The fraction of sp³-hybridized carbons (Fsp3) is 0.263. The second kappa shape index (κ2) is 8.84. The third-order valence-electron chi connectivity index (χ3n) is 3.86. The highest BCUT2D eigenvalue weighted by Crippen LogP contribution is 2.22. The summed E-state index contributed by atoms with van der Waals surface area (Å²) in [6, 6.07) is 15.9. The molecule has 6 nitrogen and oxygen atoms in total. The first-order valence-electron chi connectivity index (χ1n) is 7.96. The number of benzene rings is 2. The monoisotopic (exact) mass is 341 g/mol. The van der Waals surface area contributed by atoms with E-state index in [2.05, 4.69) is 10.6 Å². The molecule has 0 bridgehead atoms. The van der Waals surface area contributed by atoms with E-state index in [1.165, 1.54) is 7.05 Å². The number of imide groups is 1. The molecule has 3 amide bonds. The summed E-state index contributed by atoms with van der Waals surface area (Å²) < 4.78 is 5.16. The van der Waals surface area contributed by atoms with Gasteiger partial charge in [-0.2, -0.15) is 0 Å². The van der Waals surface area contributed by atoms with Gasteiger partial charge in [0.05, 0.1) is 7.11 Å². The summed E-state index contributed by atoms with van der Waals surface area (Å²) in [6.45, 7) is 0.546. The molecular formula is C19H23N3O3. The van der Waals surface area contributed by atoms with Crippen molar-refractivity contribution in [3.63, 3.8) is 0 Å². The van der Waals surface area contributed by atoms with Gasteiger partial charge in [0.2, 0.25) is 5.91 Å². The Morgan fingerprint density at radius 3 is 2.28 bits per heavy atom. The van der Waals surface area contributed by atoms with Gasteiger partial charge in [-0.05, 0) is 30.3 Å². The predicted molar refractivity (Wildman–Crippen MR) is 96.2 cm³/mol. The zero-order valence-corrected chi connectivity index (χ0v) is 14.7. The van der Waals surface area contributed by atoms with Crippen molar-refractivity contribution in [1.82, 2.24) is 15.5 Å². The Bertz CT molecular complexity index is 702. The molecule has 0 aromatic heterocycles. The van der Waals surface area contributed by atoms with Crippen LogP contribution in [-0.4, -0.2) is 38.0 Å². The zero-order valence-electron chi connectivity index (χ0n) is 14.7. The van der Waals surface area contributed by atoms with E-state index in [9.17, 15) is 9.59 Å². The number of carbonyl (C=O) groups is 2. The van der Waals surface area contributed by atoms with Crippen molar-refractivity contribution in [2.45, 2.75) is 12.6 Å². The number of ether oxygens (including phenoxy) is 1. The molecule has 2 aromatic carbocycles. The van der Waals surface area contributed by atoms with Gasteiger partial charge in [0.15, 0.2) is 0 Å². The molecule has 0 aliphatic carbocycles. The molecule has 0 saturated carbocycles. The molecule has 0 radical (unpaired) electrons. The van der Waals surface area contributed by atoms with Crippen LogP contribution in [0.2, 0.25) is 0 Å². The first kappa shape index (κ1) is 18.5.